The number of fused-ring (bicyclic) bond motifs is 2. The molecular formula is C18H16N2O2S. The first kappa shape index (κ1) is 14.3. The van der Waals surface area contributed by atoms with E-state index in [1.54, 1.807) is 17.8 Å². The van der Waals surface area contributed by atoms with Crippen molar-refractivity contribution in [2.45, 2.75) is 17.2 Å². The van der Waals surface area contributed by atoms with Crippen LogP contribution in [0.4, 0.5) is 5.69 Å². The second-order valence-electron chi connectivity index (χ2n) is 5.77. The number of amides is 2. The van der Waals surface area contributed by atoms with E-state index < -0.39 is 0 Å². The summed E-state index contributed by atoms with van der Waals surface area (Å²) in [7, 11) is 0. The van der Waals surface area contributed by atoms with Crippen LogP contribution >= 0.6 is 11.8 Å². The maximum atomic E-state index is 12.6. The first-order valence-corrected chi connectivity index (χ1v) is 8.64. The molecule has 23 heavy (non-hydrogen) atoms. The molecule has 0 spiro atoms. The third kappa shape index (κ3) is 2.61. The van der Waals surface area contributed by atoms with E-state index in [1.165, 1.54) is 4.90 Å². The predicted molar refractivity (Wildman–Crippen MR) is 91.0 cm³/mol. The highest BCUT2D eigenvalue weighted by Crippen LogP contribution is 2.39. The van der Waals surface area contributed by atoms with Crippen LogP contribution in [0.25, 0.3) is 0 Å². The van der Waals surface area contributed by atoms with Crippen molar-refractivity contribution in [1.29, 1.82) is 0 Å². The Morgan fingerprint density at radius 1 is 1.22 bits per heavy atom. The zero-order valence-electron chi connectivity index (χ0n) is 12.5. The van der Waals surface area contributed by atoms with Gasteiger partial charge < -0.3 is 10.6 Å². The number of rotatable bonds is 2. The summed E-state index contributed by atoms with van der Waals surface area (Å²) in [5.74, 6) is 0.542. The summed E-state index contributed by atoms with van der Waals surface area (Å²) < 4.78 is 0. The van der Waals surface area contributed by atoms with Crippen molar-refractivity contribution >= 4 is 29.3 Å². The Labute approximate surface area is 138 Å². The quantitative estimate of drug-likeness (QED) is 0.893. The first-order chi connectivity index (χ1) is 11.2. The largest absolute Gasteiger partial charge is 0.352 e. The van der Waals surface area contributed by atoms with Crippen molar-refractivity contribution < 1.29 is 9.59 Å². The highest BCUT2D eigenvalue weighted by atomic mass is 32.2. The molecule has 0 bridgehead atoms. The van der Waals surface area contributed by atoms with Gasteiger partial charge in [-0.15, -0.1) is 11.8 Å². The van der Waals surface area contributed by atoms with Crippen LogP contribution in [0.5, 0.6) is 0 Å². The van der Waals surface area contributed by atoms with Crippen LogP contribution in [0.15, 0.2) is 47.4 Å². The molecule has 116 valence electrons. The number of anilines is 1. The molecule has 1 atom stereocenters. The van der Waals surface area contributed by atoms with Crippen molar-refractivity contribution in [3.8, 4) is 0 Å². The molecule has 0 radical (unpaired) electrons. The maximum Gasteiger partial charge on any atom is 0.251 e. The summed E-state index contributed by atoms with van der Waals surface area (Å²) in [5.41, 5.74) is 3.47. The smallest absolute Gasteiger partial charge is 0.251 e. The third-order valence-corrected chi connectivity index (χ3v) is 5.50. The maximum absolute atomic E-state index is 12.6. The second-order valence-corrected chi connectivity index (χ2v) is 6.83. The Morgan fingerprint density at radius 3 is 3.00 bits per heavy atom. The molecule has 2 aromatic carbocycles. The summed E-state index contributed by atoms with van der Waals surface area (Å²) >= 11 is 1.71. The van der Waals surface area contributed by atoms with Crippen LogP contribution in [-0.2, 0) is 11.2 Å². The number of carbonyl (C=O) groups is 2. The highest BCUT2D eigenvalue weighted by molar-refractivity contribution is 7.99. The molecule has 0 fully saturated rings. The second kappa shape index (κ2) is 5.74. The Kier molecular flexibility index (Phi) is 3.58. The van der Waals surface area contributed by atoms with Crippen LogP contribution in [-0.4, -0.2) is 24.1 Å². The minimum atomic E-state index is -0.138. The van der Waals surface area contributed by atoms with Crippen LogP contribution in [0.1, 0.15) is 27.4 Å². The van der Waals surface area contributed by atoms with E-state index in [0.717, 1.165) is 23.3 Å². The molecule has 0 aliphatic carbocycles. The molecule has 0 saturated carbocycles. The SMILES string of the molecule is O=C1NCCc2ccc(NC(=O)[C@H]3CSc4ccccc43)cc21. The van der Waals surface area contributed by atoms with Crippen molar-refractivity contribution in [1.82, 2.24) is 5.32 Å². The van der Waals surface area contributed by atoms with Gasteiger partial charge in [0.2, 0.25) is 5.91 Å². The minimum Gasteiger partial charge on any atom is -0.352 e. The predicted octanol–water partition coefficient (Wildman–Crippen LogP) is 2.80. The topological polar surface area (TPSA) is 58.2 Å². The zero-order valence-corrected chi connectivity index (χ0v) is 13.3. The molecule has 0 unspecified atom stereocenters. The fourth-order valence-electron chi connectivity index (χ4n) is 3.10. The first-order valence-electron chi connectivity index (χ1n) is 7.66. The van der Waals surface area contributed by atoms with Crippen LogP contribution in [0.2, 0.25) is 0 Å². The number of nitrogens with one attached hydrogen (secondary N) is 2. The lowest BCUT2D eigenvalue weighted by atomic mass is 9.98. The van der Waals surface area contributed by atoms with Gasteiger partial charge in [-0.3, -0.25) is 9.59 Å². The van der Waals surface area contributed by atoms with E-state index in [0.29, 0.717) is 17.8 Å². The van der Waals surface area contributed by atoms with Crippen LogP contribution in [0.3, 0.4) is 0 Å². The number of thioether (sulfide) groups is 1. The summed E-state index contributed by atoms with van der Waals surface area (Å²) in [6.07, 6.45) is 0.835. The van der Waals surface area contributed by atoms with Crippen LogP contribution in [0, 0.1) is 0 Å². The van der Waals surface area contributed by atoms with E-state index in [-0.39, 0.29) is 17.7 Å². The molecule has 0 aromatic heterocycles. The van der Waals surface area contributed by atoms with Gasteiger partial charge in [0.1, 0.15) is 0 Å². The molecule has 0 saturated heterocycles. The van der Waals surface area contributed by atoms with Gasteiger partial charge >= 0.3 is 0 Å². The fraction of sp³-hybridized carbons (Fsp3) is 0.222. The van der Waals surface area contributed by atoms with Gasteiger partial charge in [0.05, 0.1) is 5.92 Å². The third-order valence-electron chi connectivity index (χ3n) is 4.32. The number of hydrogen-bond donors (Lipinski definition) is 2. The summed E-state index contributed by atoms with van der Waals surface area (Å²) in [6, 6.07) is 13.6. The fourth-order valence-corrected chi connectivity index (χ4v) is 4.33. The Balaban J connectivity index is 1.56. The molecule has 2 heterocycles. The standard InChI is InChI=1S/C18H16N2O2S/c21-17-14-9-12(6-5-11(14)7-8-19-17)20-18(22)15-10-23-16-4-2-1-3-13(15)16/h1-6,9,15H,7-8,10H2,(H,19,21)(H,20,22)/t15-/m0/s1. The van der Waals surface area contributed by atoms with Crippen LogP contribution < -0.4 is 10.6 Å². The van der Waals surface area contributed by atoms with Crippen molar-refractivity contribution in [3.63, 3.8) is 0 Å². The van der Waals surface area contributed by atoms with E-state index >= 15 is 0 Å². The molecule has 2 aromatic rings. The normalized spacial score (nSPS) is 18.8. The lowest BCUT2D eigenvalue weighted by Crippen LogP contribution is -2.32. The summed E-state index contributed by atoms with van der Waals surface area (Å²) in [4.78, 5) is 25.7. The lowest BCUT2D eigenvalue weighted by molar-refractivity contribution is -0.117. The van der Waals surface area contributed by atoms with E-state index in [2.05, 4.69) is 16.7 Å². The molecule has 2 N–H and O–H groups in total. The van der Waals surface area contributed by atoms with Crippen molar-refractivity contribution in [2.24, 2.45) is 0 Å². The Hall–Kier alpha value is -2.27. The van der Waals surface area contributed by atoms with E-state index in [4.69, 9.17) is 0 Å². The van der Waals surface area contributed by atoms with Gasteiger partial charge in [0.15, 0.2) is 0 Å². The van der Waals surface area contributed by atoms with Gasteiger partial charge in [-0.2, -0.15) is 0 Å². The zero-order chi connectivity index (χ0) is 15.8. The molecule has 2 aliphatic rings. The number of hydrogen-bond acceptors (Lipinski definition) is 3. The van der Waals surface area contributed by atoms with Gasteiger partial charge in [-0.1, -0.05) is 24.3 Å². The Morgan fingerprint density at radius 2 is 2.09 bits per heavy atom. The minimum absolute atomic E-state index is 0.0152. The van der Waals surface area contributed by atoms with Crippen molar-refractivity contribution in [3.05, 3.63) is 59.2 Å². The van der Waals surface area contributed by atoms with Crippen molar-refractivity contribution in [2.75, 3.05) is 17.6 Å². The molecule has 4 nitrogen and oxygen atoms in total. The Bertz CT molecular complexity index is 803. The summed E-state index contributed by atoms with van der Waals surface area (Å²) in [5, 5.41) is 5.80. The lowest BCUT2D eigenvalue weighted by Gasteiger charge is -2.18. The monoisotopic (exact) mass is 324 g/mol. The molecular weight excluding hydrogens is 308 g/mol. The van der Waals surface area contributed by atoms with E-state index in [1.807, 2.05) is 30.3 Å². The van der Waals surface area contributed by atoms with Gasteiger partial charge in [-0.05, 0) is 35.7 Å². The van der Waals surface area contributed by atoms with Gasteiger partial charge in [0, 0.05) is 28.4 Å². The average Bonchev–Trinajstić information content (AvgIpc) is 3.00. The molecule has 4 rings (SSSR count). The number of benzene rings is 2. The molecule has 2 aliphatic heterocycles. The summed E-state index contributed by atoms with van der Waals surface area (Å²) in [6.45, 7) is 0.674. The van der Waals surface area contributed by atoms with Gasteiger partial charge in [-0.25, -0.2) is 0 Å². The molecule has 5 heteroatoms. The highest BCUT2D eigenvalue weighted by Gasteiger charge is 2.29. The number of carbonyl (C=O) groups excluding carboxylic acids is 2. The van der Waals surface area contributed by atoms with Gasteiger partial charge in [0.25, 0.3) is 5.91 Å². The average molecular weight is 324 g/mol. The molecule has 2 amide bonds. The van der Waals surface area contributed by atoms with E-state index in [9.17, 15) is 9.59 Å².